The van der Waals surface area contributed by atoms with Crippen LogP contribution in [0.15, 0.2) is 48.5 Å². The van der Waals surface area contributed by atoms with Crippen LogP contribution in [-0.2, 0) is 16.0 Å². The Kier molecular flexibility index (Phi) is 10.7. The van der Waals surface area contributed by atoms with E-state index in [4.69, 9.17) is 34.6 Å². The first-order chi connectivity index (χ1) is 18.7. The molecule has 11 nitrogen and oxygen atoms in total. The van der Waals surface area contributed by atoms with Gasteiger partial charge in [0.2, 0.25) is 24.6 Å². The molecule has 38 heavy (non-hydrogen) atoms. The van der Waals surface area contributed by atoms with E-state index in [9.17, 15) is 0 Å². The monoisotopic (exact) mass is 523 g/mol. The summed E-state index contributed by atoms with van der Waals surface area (Å²) in [7, 11) is 0. The summed E-state index contributed by atoms with van der Waals surface area (Å²) < 4.78 is 21.9. The number of aromatic nitrogens is 3. The number of hydrogen-bond acceptors (Lipinski definition) is 11. The van der Waals surface area contributed by atoms with Gasteiger partial charge in [-0.15, -0.1) is 0 Å². The SMILES string of the molecule is CCCCN(Cc1ccccc1)c1nc(NCCOCCOCCN)nc(Nc2ccc3c(c2)OCO3)n1. The first-order valence-corrected chi connectivity index (χ1v) is 13.1. The van der Waals surface area contributed by atoms with Gasteiger partial charge >= 0.3 is 0 Å². The van der Waals surface area contributed by atoms with Gasteiger partial charge in [0, 0.05) is 37.9 Å². The molecule has 4 N–H and O–H groups in total. The molecule has 0 saturated carbocycles. The molecule has 3 aromatic rings. The lowest BCUT2D eigenvalue weighted by Crippen LogP contribution is -2.27. The van der Waals surface area contributed by atoms with Crippen LogP contribution in [0.4, 0.5) is 23.5 Å². The van der Waals surface area contributed by atoms with Crippen molar-refractivity contribution in [3.05, 3.63) is 54.1 Å². The molecule has 1 aromatic heterocycles. The molecule has 0 fully saturated rings. The van der Waals surface area contributed by atoms with Crippen molar-refractivity contribution in [2.45, 2.75) is 26.3 Å². The Morgan fingerprint density at radius 2 is 1.71 bits per heavy atom. The van der Waals surface area contributed by atoms with E-state index < -0.39 is 0 Å². The van der Waals surface area contributed by atoms with E-state index in [-0.39, 0.29) is 6.79 Å². The number of nitrogens with two attached hydrogens (primary N) is 1. The number of nitrogens with one attached hydrogen (secondary N) is 2. The maximum Gasteiger partial charge on any atom is 0.233 e. The number of anilines is 4. The van der Waals surface area contributed by atoms with Crippen molar-refractivity contribution < 1.29 is 18.9 Å². The van der Waals surface area contributed by atoms with E-state index in [0.717, 1.165) is 30.8 Å². The summed E-state index contributed by atoms with van der Waals surface area (Å²) in [5.41, 5.74) is 7.41. The van der Waals surface area contributed by atoms with E-state index in [1.54, 1.807) is 0 Å². The highest BCUT2D eigenvalue weighted by atomic mass is 16.7. The molecule has 4 rings (SSSR count). The summed E-state index contributed by atoms with van der Waals surface area (Å²) >= 11 is 0. The van der Waals surface area contributed by atoms with Crippen LogP contribution in [0.25, 0.3) is 0 Å². The standard InChI is InChI=1S/C27H37N7O4/c1-2-3-13-34(19-21-7-5-4-6-8-21)27-32-25(29-12-15-36-17-16-35-14-11-28)31-26(33-27)30-22-9-10-23-24(18-22)38-20-37-23/h4-10,18H,2-3,11-17,19-20,28H2,1H3,(H2,29,30,31,32,33). The smallest absolute Gasteiger partial charge is 0.233 e. The molecule has 0 aliphatic carbocycles. The highest BCUT2D eigenvalue weighted by Gasteiger charge is 2.17. The van der Waals surface area contributed by atoms with E-state index in [2.05, 4.69) is 39.6 Å². The molecule has 0 radical (unpaired) electrons. The van der Waals surface area contributed by atoms with E-state index in [1.807, 2.05) is 36.4 Å². The third-order valence-electron chi connectivity index (χ3n) is 5.70. The fraction of sp³-hybridized carbons (Fsp3) is 0.444. The second kappa shape index (κ2) is 14.9. The minimum atomic E-state index is 0.218. The summed E-state index contributed by atoms with van der Waals surface area (Å²) in [6, 6.07) is 16.0. The molecule has 0 atom stereocenters. The zero-order valence-corrected chi connectivity index (χ0v) is 21.9. The largest absolute Gasteiger partial charge is 0.454 e. The van der Waals surface area contributed by atoms with Gasteiger partial charge in [-0.3, -0.25) is 0 Å². The second-order valence-corrected chi connectivity index (χ2v) is 8.68. The molecule has 2 aromatic carbocycles. The normalized spacial score (nSPS) is 11.9. The topological polar surface area (TPSA) is 129 Å². The zero-order chi connectivity index (χ0) is 26.4. The van der Waals surface area contributed by atoms with E-state index in [0.29, 0.717) is 69.7 Å². The average molecular weight is 524 g/mol. The molecule has 1 aliphatic rings. The molecule has 0 saturated heterocycles. The fourth-order valence-corrected chi connectivity index (χ4v) is 3.79. The number of ether oxygens (including phenoxy) is 4. The van der Waals surface area contributed by atoms with Gasteiger partial charge in [-0.05, 0) is 24.1 Å². The minimum absolute atomic E-state index is 0.218. The van der Waals surface area contributed by atoms with Gasteiger partial charge in [0.05, 0.1) is 26.4 Å². The first-order valence-electron chi connectivity index (χ1n) is 13.1. The lowest BCUT2D eigenvalue weighted by Gasteiger charge is -2.23. The molecular weight excluding hydrogens is 486 g/mol. The van der Waals surface area contributed by atoms with Crippen LogP contribution < -0.4 is 30.7 Å². The maximum absolute atomic E-state index is 5.63. The summed E-state index contributed by atoms with van der Waals surface area (Å²) in [6.45, 7) is 7.00. The molecular formula is C27H37N7O4. The van der Waals surface area contributed by atoms with Gasteiger partial charge in [0.15, 0.2) is 11.5 Å². The van der Waals surface area contributed by atoms with Gasteiger partial charge < -0.3 is 40.2 Å². The predicted octanol–water partition coefficient (Wildman–Crippen LogP) is 3.55. The third kappa shape index (κ3) is 8.44. The van der Waals surface area contributed by atoms with E-state index in [1.165, 1.54) is 5.56 Å². The summed E-state index contributed by atoms with van der Waals surface area (Å²) in [4.78, 5) is 16.3. The Morgan fingerprint density at radius 3 is 2.53 bits per heavy atom. The first kappa shape index (κ1) is 27.4. The quantitative estimate of drug-likeness (QED) is 0.225. The molecule has 204 valence electrons. The molecule has 11 heteroatoms. The number of rotatable bonds is 17. The Balaban J connectivity index is 1.49. The van der Waals surface area contributed by atoms with Crippen molar-refractivity contribution >= 4 is 23.5 Å². The highest BCUT2D eigenvalue weighted by molar-refractivity contribution is 5.61. The molecule has 2 heterocycles. The van der Waals surface area contributed by atoms with Gasteiger partial charge in [0.1, 0.15) is 0 Å². The van der Waals surface area contributed by atoms with Crippen LogP contribution in [0.3, 0.4) is 0 Å². The number of unbranched alkanes of at least 4 members (excludes halogenated alkanes) is 1. The van der Waals surface area contributed by atoms with Crippen molar-refractivity contribution in [2.24, 2.45) is 5.73 Å². The van der Waals surface area contributed by atoms with Crippen molar-refractivity contribution in [2.75, 3.05) is 68.4 Å². The third-order valence-corrected chi connectivity index (χ3v) is 5.70. The van der Waals surface area contributed by atoms with Gasteiger partial charge in [-0.1, -0.05) is 43.7 Å². The molecule has 0 spiro atoms. The Hall–Kier alpha value is -3.67. The van der Waals surface area contributed by atoms with Gasteiger partial charge in [0.25, 0.3) is 0 Å². The summed E-state index contributed by atoms with van der Waals surface area (Å²) in [5.74, 6) is 2.90. The minimum Gasteiger partial charge on any atom is -0.454 e. The zero-order valence-electron chi connectivity index (χ0n) is 21.9. The van der Waals surface area contributed by atoms with Crippen molar-refractivity contribution in [3.8, 4) is 11.5 Å². The number of benzene rings is 2. The Labute approximate surface area is 223 Å². The van der Waals surface area contributed by atoms with Crippen LogP contribution in [0, 0.1) is 0 Å². The lowest BCUT2D eigenvalue weighted by atomic mass is 10.2. The van der Waals surface area contributed by atoms with Crippen LogP contribution in [0.1, 0.15) is 25.3 Å². The van der Waals surface area contributed by atoms with E-state index >= 15 is 0 Å². The lowest BCUT2D eigenvalue weighted by molar-refractivity contribution is 0.0547. The molecule has 0 unspecified atom stereocenters. The molecule has 0 bridgehead atoms. The Morgan fingerprint density at radius 1 is 0.921 bits per heavy atom. The maximum atomic E-state index is 5.63. The van der Waals surface area contributed by atoms with Crippen LogP contribution >= 0.6 is 0 Å². The van der Waals surface area contributed by atoms with Crippen molar-refractivity contribution in [1.29, 1.82) is 0 Å². The molecule has 0 amide bonds. The fourth-order valence-electron chi connectivity index (χ4n) is 3.79. The molecule has 1 aliphatic heterocycles. The number of hydrogen-bond donors (Lipinski definition) is 3. The number of nitrogens with zero attached hydrogens (tertiary/aromatic N) is 4. The Bertz CT molecular complexity index is 1120. The highest BCUT2D eigenvalue weighted by Crippen LogP contribution is 2.35. The second-order valence-electron chi connectivity index (χ2n) is 8.68. The average Bonchev–Trinajstić information content (AvgIpc) is 3.41. The van der Waals surface area contributed by atoms with Crippen LogP contribution in [-0.4, -0.2) is 67.8 Å². The van der Waals surface area contributed by atoms with Gasteiger partial charge in [-0.2, -0.15) is 15.0 Å². The summed E-state index contributed by atoms with van der Waals surface area (Å²) in [6.07, 6.45) is 2.09. The van der Waals surface area contributed by atoms with Crippen molar-refractivity contribution in [3.63, 3.8) is 0 Å². The summed E-state index contributed by atoms with van der Waals surface area (Å²) in [5, 5.41) is 6.57. The van der Waals surface area contributed by atoms with Gasteiger partial charge in [-0.25, -0.2) is 0 Å². The van der Waals surface area contributed by atoms with Crippen LogP contribution in [0.5, 0.6) is 11.5 Å². The predicted molar refractivity (Wildman–Crippen MR) is 147 cm³/mol. The van der Waals surface area contributed by atoms with Crippen LogP contribution in [0.2, 0.25) is 0 Å². The van der Waals surface area contributed by atoms with Crippen molar-refractivity contribution in [1.82, 2.24) is 15.0 Å². The number of fused-ring (bicyclic) bond motifs is 1.